The summed E-state index contributed by atoms with van der Waals surface area (Å²) in [6.07, 6.45) is 2.39. The fraction of sp³-hybridized carbons (Fsp3) is 0.467. The Morgan fingerprint density at radius 2 is 2.14 bits per heavy atom. The third-order valence-corrected chi connectivity index (χ3v) is 8.22. The van der Waals surface area contributed by atoms with Crippen LogP contribution in [0.5, 0.6) is 0 Å². The van der Waals surface area contributed by atoms with Crippen molar-refractivity contribution in [3.63, 3.8) is 0 Å². The molecule has 0 aliphatic carbocycles. The maximum Gasteiger partial charge on any atom is 0.0762 e. The topological polar surface area (TPSA) is 12.0 Å². The van der Waals surface area contributed by atoms with Crippen LogP contribution < -0.4 is 5.32 Å². The molecular formula is C15H17Br2NS3. The molecule has 0 saturated carbocycles. The molecule has 2 aromatic heterocycles. The molecule has 1 N–H and O–H groups in total. The highest BCUT2D eigenvalue weighted by Gasteiger charge is 2.23. The summed E-state index contributed by atoms with van der Waals surface area (Å²) in [4.78, 5) is 3.06. The average Bonchev–Trinajstić information content (AvgIpc) is 3.03. The fourth-order valence-corrected chi connectivity index (χ4v) is 7.89. The summed E-state index contributed by atoms with van der Waals surface area (Å²) in [5, 5.41) is 3.72. The molecule has 3 heterocycles. The highest BCUT2D eigenvalue weighted by molar-refractivity contribution is 9.12. The number of aryl methyl sites for hydroxylation is 1. The first-order chi connectivity index (χ1) is 10.2. The number of hydrogen-bond acceptors (Lipinski definition) is 4. The van der Waals surface area contributed by atoms with E-state index in [1.165, 1.54) is 35.9 Å². The quantitative estimate of drug-likeness (QED) is 0.561. The summed E-state index contributed by atoms with van der Waals surface area (Å²) in [6.45, 7) is 3.26. The van der Waals surface area contributed by atoms with Crippen molar-refractivity contribution in [2.75, 3.05) is 12.3 Å². The predicted octanol–water partition coefficient (Wildman–Crippen LogP) is 6.21. The number of thiophene rings is 2. The van der Waals surface area contributed by atoms with Crippen molar-refractivity contribution in [2.24, 2.45) is 0 Å². The Labute approximate surface area is 155 Å². The van der Waals surface area contributed by atoms with Gasteiger partial charge in [-0.3, -0.25) is 0 Å². The summed E-state index contributed by atoms with van der Waals surface area (Å²) < 4.78 is 2.41. The van der Waals surface area contributed by atoms with Crippen molar-refractivity contribution in [1.82, 2.24) is 5.32 Å². The maximum absolute atomic E-state index is 3.73. The van der Waals surface area contributed by atoms with Crippen LogP contribution in [0.25, 0.3) is 0 Å². The van der Waals surface area contributed by atoms with E-state index in [2.05, 4.69) is 68.0 Å². The highest BCUT2D eigenvalue weighted by atomic mass is 79.9. The lowest BCUT2D eigenvalue weighted by atomic mass is 10.1. The number of nitrogens with one attached hydrogen (secondary N) is 1. The Morgan fingerprint density at radius 3 is 2.81 bits per heavy atom. The number of rotatable bonds is 5. The first-order valence-corrected chi connectivity index (χ1v) is 11.4. The van der Waals surface area contributed by atoms with Gasteiger partial charge in [0.25, 0.3) is 0 Å². The van der Waals surface area contributed by atoms with Gasteiger partial charge in [-0.05, 0) is 74.7 Å². The molecule has 0 aromatic carbocycles. The van der Waals surface area contributed by atoms with E-state index in [-0.39, 0.29) is 0 Å². The van der Waals surface area contributed by atoms with Crippen LogP contribution in [0.1, 0.15) is 40.3 Å². The Kier molecular flexibility index (Phi) is 5.90. The van der Waals surface area contributed by atoms with Gasteiger partial charge in [-0.25, -0.2) is 0 Å². The fourth-order valence-electron chi connectivity index (χ4n) is 2.51. The third kappa shape index (κ3) is 3.78. The number of halogens is 2. The average molecular weight is 467 g/mol. The second-order valence-corrected chi connectivity index (χ2v) is 11.1. The van der Waals surface area contributed by atoms with Gasteiger partial charge < -0.3 is 5.32 Å². The standard InChI is InChI=1S/C15H17Br2NS3/c1-2-4-18-14(10-7-13(16)21-15(10)17)12-6-9-8-19-5-3-11(9)20-12/h6-7,14,18H,2-5,8H2,1H3. The Morgan fingerprint density at radius 1 is 1.29 bits per heavy atom. The summed E-state index contributed by atoms with van der Waals surface area (Å²) >= 11 is 13.1. The van der Waals surface area contributed by atoms with Crippen LogP contribution >= 0.6 is 66.3 Å². The molecule has 0 radical (unpaired) electrons. The van der Waals surface area contributed by atoms with Crippen LogP contribution in [-0.4, -0.2) is 12.3 Å². The van der Waals surface area contributed by atoms with Crippen LogP contribution in [0.2, 0.25) is 0 Å². The lowest BCUT2D eigenvalue weighted by Crippen LogP contribution is -2.22. The van der Waals surface area contributed by atoms with Gasteiger partial charge in [0.1, 0.15) is 0 Å². The van der Waals surface area contributed by atoms with Crippen LogP contribution in [0.3, 0.4) is 0 Å². The second kappa shape index (κ2) is 7.49. The summed E-state index contributed by atoms with van der Waals surface area (Å²) in [6, 6.07) is 4.98. The third-order valence-electron chi connectivity index (χ3n) is 3.52. The molecule has 1 aliphatic heterocycles. The molecule has 6 heteroatoms. The van der Waals surface area contributed by atoms with E-state index >= 15 is 0 Å². The van der Waals surface area contributed by atoms with E-state index in [4.69, 9.17) is 0 Å². The molecule has 1 atom stereocenters. The minimum absolute atomic E-state index is 0.308. The molecule has 1 nitrogen and oxygen atoms in total. The van der Waals surface area contributed by atoms with Crippen molar-refractivity contribution >= 4 is 66.3 Å². The summed E-state index contributed by atoms with van der Waals surface area (Å²) in [5.74, 6) is 2.45. The van der Waals surface area contributed by atoms with Crippen LogP contribution in [-0.2, 0) is 12.2 Å². The molecule has 21 heavy (non-hydrogen) atoms. The molecule has 1 unspecified atom stereocenters. The van der Waals surface area contributed by atoms with Crippen LogP contribution in [0, 0.1) is 0 Å². The Bertz CT molecular complexity index is 597. The maximum atomic E-state index is 3.73. The van der Waals surface area contributed by atoms with Crippen LogP contribution in [0.15, 0.2) is 19.7 Å². The summed E-state index contributed by atoms with van der Waals surface area (Å²) in [7, 11) is 0. The molecule has 0 spiro atoms. The van der Waals surface area contributed by atoms with E-state index in [1.807, 2.05) is 11.3 Å². The van der Waals surface area contributed by atoms with Gasteiger partial charge in [-0.2, -0.15) is 11.8 Å². The van der Waals surface area contributed by atoms with E-state index in [0.29, 0.717) is 6.04 Å². The largest absolute Gasteiger partial charge is 0.306 e. The van der Waals surface area contributed by atoms with Gasteiger partial charge in [0.05, 0.1) is 13.6 Å². The first kappa shape index (κ1) is 16.5. The van der Waals surface area contributed by atoms with Gasteiger partial charge >= 0.3 is 0 Å². The number of fused-ring (bicyclic) bond motifs is 1. The molecule has 0 amide bonds. The Hall–Kier alpha value is 0.670. The normalized spacial score (nSPS) is 16.0. The van der Waals surface area contributed by atoms with Gasteiger partial charge in [-0.15, -0.1) is 22.7 Å². The van der Waals surface area contributed by atoms with Crippen molar-refractivity contribution in [1.29, 1.82) is 0 Å². The molecule has 0 saturated heterocycles. The minimum atomic E-state index is 0.308. The lowest BCUT2D eigenvalue weighted by Gasteiger charge is -2.17. The minimum Gasteiger partial charge on any atom is -0.306 e. The van der Waals surface area contributed by atoms with E-state index < -0.39 is 0 Å². The van der Waals surface area contributed by atoms with Crippen LogP contribution in [0.4, 0.5) is 0 Å². The monoisotopic (exact) mass is 465 g/mol. The number of thioether (sulfide) groups is 1. The molecule has 114 valence electrons. The van der Waals surface area contributed by atoms with Crippen molar-refractivity contribution in [2.45, 2.75) is 31.6 Å². The molecule has 0 fully saturated rings. The van der Waals surface area contributed by atoms with E-state index in [1.54, 1.807) is 21.8 Å². The molecule has 2 aromatic rings. The van der Waals surface area contributed by atoms with Gasteiger partial charge in [0.2, 0.25) is 0 Å². The highest BCUT2D eigenvalue weighted by Crippen LogP contribution is 2.41. The smallest absolute Gasteiger partial charge is 0.0762 e. The summed E-state index contributed by atoms with van der Waals surface area (Å²) in [5.41, 5.74) is 2.91. The number of hydrogen-bond donors (Lipinski definition) is 1. The molecule has 3 rings (SSSR count). The molecule has 1 aliphatic rings. The van der Waals surface area contributed by atoms with Crippen molar-refractivity contribution in [3.8, 4) is 0 Å². The zero-order chi connectivity index (χ0) is 14.8. The van der Waals surface area contributed by atoms with Crippen molar-refractivity contribution < 1.29 is 0 Å². The predicted molar refractivity (Wildman–Crippen MR) is 104 cm³/mol. The van der Waals surface area contributed by atoms with Gasteiger partial charge in [0, 0.05) is 21.1 Å². The molecule has 0 bridgehead atoms. The molecular weight excluding hydrogens is 450 g/mol. The zero-order valence-corrected chi connectivity index (χ0v) is 17.4. The zero-order valence-electron chi connectivity index (χ0n) is 11.7. The van der Waals surface area contributed by atoms with E-state index in [9.17, 15) is 0 Å². The van der Waals surface area contributed by atoms with Gasteiger partial charge in [-0.1, -0.05) is 6.92 Å². The van der Waals surface area contributed by atoms with Gasteiger partial charge in [0.15, 0.2) is 0 Å². The SMILES string of the molecule is CCCNC(c1cc2c(s1)CCSC2)c1cc(Br)sc1Br. The lowest BCUT2D eigenvalue weighted by molar-refractivity contribution is 0.605. The second-order valence-electron chi connectivity index (χ2n) is 5.07. The first-order valence-electron chi connectivity index (χ1n) is 7.06. The Balaban J connectivity index is 1.95. The van der Waals surface area contributed by atoms with Crippen molar-refractivity contribution in [3.05, 3.63) is 40.6 Å². The van der Waals surface area contributed by atoms with E-state index in [0.717, 1.165) is 13.0 Å².